The molecule has 2 atom stereocenters. The summed E-state index contributed by atoms with van der Waals surface area (Å²) in [5.41, 5.74) is 7.87. The van der Waals surface area contributed by atoms with Gasteiger partial charge in [0, 0.05) is 17.5 Å². The molecule has 1 aromatic carbocycles. The maximum Gasteiger partial charge on any atom is 0.237 e. The number of hydrogen-bond acceptors (Lipinski definition) is 3. The summed E-state index contributed by atoms with van der Waals surface area (Å²) in [5, 5.41) is 0. The summed E-state index contributed by atoms with van der Waals surface area (Å²) in [6.45, 7) is 5.43. The number of hydrogen-bond donors (Lipinski definition) is 1. The summed E-state index contributed by atoms with van der Waals surface area (Å²) in [4.78, 5) is 25.3. The topological polar surface area (TPSA) is 63.4 Å². The number of rotatable bonds is 1. The van der Waals surface area contributed by atoms with E-state index in [1.54, 1.807) is 32.0 Å². The predicted molar refractivity (Wildman–Crippen MR) is 66.4 cm³/mol. The molecule has 0 aliphatic carbocycles. The third-order valence-corrected chi connectivity index (χ3v) is 3.48. The molecular formula is C13H16N2O2. The minimum Gasteiger partial charge on any atom is -0.399 e. The average Bonchev–Trinajstić information content (AvgIpc) is 2.48. The Morgan fingerprint density at radius 2 is 1.65 bits per heavy atom. The van der Waals surface area contributed by atoms with Gasteiger partial charge >= 0.3 is 0 Å². The van der Waals surface area contributed by atoms with Gasteiger partial charge in [-0.15, -0.1) is 0 Å². The van der Waals surface area contributed by atoms with Crippen molar-refractivity contribution in [2.45, 2.75) is 20.8 Å². The molecule has 2 unspecified atom stereocenters. The van der Waals surface area contributed by atoms with Crippen LogP contribution >= 0.6 is 0 Å². The number of benzene rings is 1. The quantitative estimate of drug-likeness (QED) is 0.592. The second-order valence-corrected chi connectivity index (χ2v) is 4.63. The fraction of sp³-hybridized carbons (Fsp3) is 0.385. The van der Waals surface area contributed by atoms with Gasteiger partial charge in [0.2, 0.25) is 11.8 Å². The zero-order chi connectivity index (χ0) is 12.7. The predicted octanol–water partition coefficient (Wildman–Crippen LogP) is 1.72. The minimum atomic E-state index is -0.250. The number of carbonyl (C=O) groups excluding carboxylic acids is 2. The van der Waals surface area contributed by atoms with Crippen molar-refractivity contribution in [2.75, 3.05) is 10.6 Å². The number of amides is 2. The molecule has 0 aromatic heterocycles. The zero-order valence-corrected chi connectivity index (χ0v) is 10.2. The maximum absolute atomic E-state index is 12.0. The first kappa shape index (κ1) is 11.6. The lowest BCUT2D eigenvalue weighted by Gasteiger charge is -2.15. The van der Waals surface area contributed by atoms with E-state index in [-0.39, 0.29) is 23.7 Å². The van der Waals surface area contributed by atoms with E-state index in [9.17, 15) is 9.59 Å². The van der Waals surface area contributed by atoms with Crippen LogP contribution in [0, 0.1) is 18.8 Å². The minimum absolute atomic E-state index is 0.133. The number of carbonyl (C=O) groups is 2. The van der Waals surface area contributed by atoms with Gasteiger partial charge in [-0.05, 0) is 30.7 Å². The van der Waals surface area contributed by atoms with Crippen LogP contribution in [0.4, 0.5) is 11.4 Å². The van der Waals surface area contributed by atoms with E-state index >= 15 is 0 Å². The summed E-state index contributed by atoms with van der Waals surface area (Å²) in [5.74, 6) is -0.765. The molecule has 2 N–H and O–H groups in total. The van der Waals surface area contributed by atoms with Crippen molar-refractivity contribution >= 4 is 23.2 Å². The number of imide groups is 1. The van der Waals surface area contributed by atoms with E-state index in [4.69, 9.17) is 5.73 Å². The fourth-order valence-corrected chi connectivity index (χ4v) is 2.00. The van der Waals surface area contributed by atoms with Crippen molar-refractivity contribution in [2.24, 2.45) is 11.8 Å². The number of nitrogens with two attached hydrogens (primary N) is 1. The molecular weight excluding hydrogens is 216 g/mol. The van der Waals surface area contributed by atoms with Crippen molar-refractivity contribution in [3.63, 3.8) is 0 Å². The first-order valence-corrected chi connectivity index (χ1v) is 5.67. The van der Waals surface area contributed by atoms with Gasteiger partial charge in [0.05, 0.1) is 5.69 Å². The molecule has 0 radical (unpaired) electrons. The first-order chi connectivity index (χ1) is 7.93. The van der Waals surface area contributed by atoms with Gasteiger partial charge in [-0.2, -0.15) is 0 Å². The van der Waals surface area contributed by atoms with E-state index in [0.29, 0.717) is 11.4 Å². The van der Waals surface area contributed by atoms with Crippen molar-refractivity contribution in [1.82, 2.24) is 0 Å². The van der Waals surface area contributed by atoms with Gasteiger partial charge in [0.25, 0.3) is 0 Å². The van der Waals surface area contributed by atoms with Gasteiger partial charge in [-0.1, -0.05) is 13.8 Å². The standard InChI is InChI=1S/C13H16N2O2/c1-7-6-10(4-5-11(7)14)15-12(16)8(2)9(3)13(15)17/h4-6,8-9H,14H2,1-3H3. The van der Waals surface area contributed by atoms with Crippen LogP contribution in [-0.2, 0) is 9.59 Å². The first-order valence-electron chi connectivity index (χ1n) is 5.67. The molecule has 17 heavy (non-hydrogen) atoms. The van der Waals surface area contributed by atoms with Gasteiger partial charge < -0.3 is 5.73 Å². The number of aryl methyl sites for hydroxylation is 1. The Kier molecular flexibility index (Phi) is 2.65. The van der Waals surface area contributed by atoms with Crippen LogP contribution in [0.3, 0.4) is 0 Å². The summed E-state index contributed by atoms with van der Waals surface area (Å²) in [6, 6.07) is 5.21. The van der Waals surface area contributed by atoms with E-state index in [2.05, 4.69) is 0 Å². The molecule has 0 bridgehead atoms. The van der Waals surface area contributed by atoms with Crippen LogP contribution in [0.25, 0.3) is 0 Å². The van der Waals surface area contributed by atoms with E-state index in [1.807, 2.05) is 6.92 Å². The van der Waals surface area contributed by atoms with E-state index in [0.717, 1.165) is 5.56 Å². The summed E-state index contributed by atoms with van der Waals surface area (Å²) in [6.07, 6.45) is 0. The van der Waals surface area contributed by atoms with Crippen molar-refractivity contribution in [3.8, 4) is 0 Å². The fourth-order valence-electron chi connectivity index (χ4n) is 2.00. The normalized spacial score (nSPS) is 24.5. The van der Waals surface area contributed by atoms with Gasteiger partial charge in [-0.3, -0.25) is 14.5 Å². The Morgan fingerprint density at radius 3 is 2.12 bits per heavy atom. The summed E-state index contributed by atoms with van der Waals surface area (Å²) >= 11 is 0. The molecule has 4 heteroatoms. The van der Waals surface area contributed by atoms with E-state index in [1.165, 1.54) is 4.90 Å². The SMILES string of the molecule is Cc1cc(N2C(=O)C(C)C(C)C2=O)ccc1N. The van der Waals surface area contributed by atoms with Crippen LogP contribution < -0.4 is 10.6 Å². The van der Waals surface area contributed by atoms with Crippen LogP contribution in [0.2, 0.25) is 0 Å². The lowest BCUT2D eigenvalue weighted by atomic mass is 10.00. The zero-order valence-electron chi connectivity index (χ0n) is 10.2. The van der Waals surface area contributed by atoms with Crippen LogP contribution in [0.1, 0.15) is 19.4 Å². The molecule has 1 fully saturated rings. The average molecular weight is 232 g/mol. The van der Waals surface area contributed by atoms with Crippen molar-refractivity contribution in [1.29, 1.82) is 0 Å². The Morgan fingerprint density at radius 1 is 1.12 bits per heavy atom. The van der Waals surface area contributed by atoms with Gasteiger partial charge in [0.15, 0.2) is 0 Å². The van der Waals surface area contributed by atoms with E-state index < -0.39 is 0 Å². The molecule has 0 spiro atoms. The maximum atomic E-state index is 12.0. The lowest BCUT2D eigenvalue weighted by molar-refractivity contribution is -0.122. The molecule has 4 nitrogen and oxygen atoms in total. The Labute approximate surface area is 100 Å². The molecule has 0 saturated carbocycles. The molecule has 90 valence electrons. The number of nitrogen functional groups attached to an aromatic ring is 1. The van der Waals surface area contributed by atoms with Gasteiger partial charge in [-0.25, -0.2) is 0 Å². The van der Waals surface area contributed by atoms with Crippen LogP contribution in [0.15, 0.2) is 18.2 Å². The molecule has 1 aliphatic rings. The molecule has 1 saturated heterocycles. The monoisotopic (exact) mass is 232 g/mol. The second-order valence-electron chi connectivity index (χ2n) is 4.63. The Bertz CT molecular complexity index is 476. The van der Waals surface area contributed by atoms with Crippen LogP contribution in [0.5, 0.6) is 0 Å². The highest BCUT2D eigenvalue weighted by Gasteiger charge is 2.42. The Hall–Kier alpha value is -1.84. The second kappa shape index (κ2) is 3.87. The van der Waals surface area contributed by atoms with Crippen molar-refractivity contribution < 1.29 is 9.59 Å². The number of nitrogens with zero attached hydrogens (tertiary/aromatic N) is 1. The molecule has 2 amide bonds. The molecule has 1 aliphatic heterocycles. The van der Waals surface area contributed by atoms with Gasteiger partial charge in [0.1, 0.15) is 0 Å². The lowest BCUT2D eigenvalue weighted by Crippen LogP contribution is -2.30. The molecule has 2 rings (SSSR count). The smallest absolute Gasteiger partial charge is 0.237 e. The third kappa shape index (κ3) is 1.69. The number of anilines is 2. The molecule has 1 heterocycles. The Balaban J connectivity index is 2.43. The summed E-state index contributed by atoms with van der Waals surface area (Å²) < 4.78 is 0. The largest absolute Gasteiger partial charge is 0.399 e. The summed E-state index contributed by atoms with van der Waals surface area (Å²) in [7, 11) is 0. The van der Waals surface area contributed by atoms with Crippen molar-refractivity contribution in [3.05, 3.63) is 23.8 Å². The highest BCUT2D eigenvalue weighted by Crippen LogP contribution is 2.31. The third-order valence-electron chi connectivity index (χ3n) is 3.48. The highest BCUT2D eigenvalue weighted by atomic mass is 16.2. The molecule has 1 aromatic rings. The van der Waals surface area contributed by atoms with Crippen LogP contribution in [-0.4, -0.2) is 11.8 Å². The highest BCUT2D eigenvalue weighted by molar-refractivity contribution is 6.21.